The number of hydrogen-bond donors (Lipinski definition) is 4. The van der Waals surface area contributed by atoms with Gasteiger partial charge in [0.1, 0.15) is 0 Å². The summed E-state index contributed by atoms with van der Waals surface area (Å²) in [6, 6.07) is 7.54. The van der Waals surface area contributed by atoms with Gasteiger partial charge in [0.2, 0.25) is 0 Å². The first-order valence-corrected chi connectivity index (χ1v) is 14.0. The van der Waals surface area contributed by atoms with Gasteiger partial charge >= 0.3 is 156 Å². The van der Waals surface area contributed by atoms with Crippen molar-refractivity contribution in [2.45, 2.75) is 11.5 Å². The predicted octanol–water partition coefficient (Wildman–Crippen LogP) is 1.30. The maximum absolute atomic E-state index is 11.4. The SMILES string of the molecule is [CH3][Ge]([CH3])([c]1cc(C(=O)O)cc(C(=O)O)c1)[c]1cc(C(=O)O)cc(C(=O)O)c1. The molecule has 0 aliphatic heterocycles. The predicted molar refractivity (Wildman–Crippen MR) is 97.5 cm³/mol. The van der Waals surface area contributed by atoms with E-state index >= 15 is 0 Å². The summed E-state index contributed by atoms with van der Waals surface area (Å²) in [6.07, 6.45) is 0. The zero-order chi connectivity index (χ0) is 20.5. The molecule has 2 rings (SSSR count). The van der Waals surface area contributed by atoms with E-state index in [4.69, 9.17) is 0 Å². The van der Waals surface area contributed by atoms with Crippen LogP contribution in [0.15, 0.2) is 36.4 Å². The molecular weight excluding hydrogens is 417 g/mol. The fourth-order valence-corrected chi connectivity index (χ4v) is 7.67. The summed E-state index contributed by atoms with van der Waals surface area (Å²) in [5.41, 5.74) is -0.791. The Labute approximate surface area is 156 Å². The molecule has 2 aromatic carbocycles. The summed E-state index contributed by atoms with van der Waals surface area (Å²) < 4.78 is 0.956. The number of benzene rings is 2. The first kappa shape index (κ1) is 20.2. The van der Waals surface area contributed by atoms with Crippen LogP contribution in [0.3, 0.4) is 0 Å². The van der Waals surface area contributed by atoms with E-state index in [0.717, 1.165) is 12.1 Å². The number of carbonyl (C=O) groups is 4. The Morgan fingerprint density at radius 2 is 0.778 bits per heavy atom. The van der Waals surface area contributed by atoms with Crippen molar-refractivity contribution in [3.8, 4) is 0 Å². The normalized spacial score (nSPS) is 11.0. The van der Waals surface area contributed by atoms with Crippen molar-refractivity contribution < 1.29 is 39.6 Å². The molecule has 0 atom stereocenters. The Morgan fingerprint density at radius 3 is 0.963 bits per heavy atom. The number of aromatic carboxylic acids is 4. The van der Waals surface area contributed by atoms with Crippen LogP contribution in [0.2, 0.25) is 11.5 Å². The van der Waals surface area contributed by atoms with Crippen LogP contribution in [0.25, 0.3) is 0 Å². The monoisotopic (exact) mass is 434 g/mol. The van der Waals surface area contributed by atoms with E-state index in [1.807, 2.05) is 0 Å². The van der Waals surface area contributed by atoms with Crippen LogP contribution in [0.4, 0.5) is 0 Å². The number of hydrogen-bond acceptors (Lipinski definition) is 4. The van der Waals surface area contributed by atoms with E-state index in [-0.39, 0.29) is 22.3 Å². The van der Waals surface area contributed by atoms with Crippen LogP contribution in [0.5, 0.6) is 0 Å². The molecular formula is C18H16GeO8. The second kappa shape index (κ2) is 7.24. The molecule has 0 aliphatic rings. The van der Waals surface area contributed by atoms with E-state index in [1.165, 1.54) is 24.3 Å². The van der Waals surface area contributed by atoms with E-state index < -0.39 is 37.1 Å². The van der Waals surface area contributed by atoms with Crippen molar-refractivity contribution in [2.24, 2.45) is 0 Å². The van der Waals surface area contributed by atoms with Crippen LogP contribution in [0.1, 0.15) is 41.4 Å². The van der Waals surface area contributed by atoms with Gasteiger partial charge in [-0.2, -0.15) is 0 Å². The van der Waals surface area contributed by atoms with Crippen LogP contribution >= 0.6 is 0 Å². The zero-order valence-corrected chi connectivity index (χ0v) is 16.5. The Morgan fingerprint density at radius 1 is 0.556 bits per heavy atom. The van der Waals surface area contributed by atoms with Gasteiger partial charge in [-0.15, -0.1) is 0 Å². The standard InChI is InChI=1S/C18H16GeO8/c1-19(2,13-5-9(15(20)21)3-10(6-13)16(22)23)14-7-11(17(24)25)4-12(8-14)18(26)27/h3-8H,1-2H3,(H,20,21)(H,22,23)(H,24,25)(H,26,27). The van der Waals surface area contributed by atoms with Gasteiger partial charge in [-0.05, 0) is 0 Å². The molecule has 0 aromatic heterocycles. The molecule has 8 nitrogen and oxygen atoms in total. The number of carboxylic acids is 4. The van der Waals surface area contributed by atoms with Gasteiger partial charge in [-0.25, -0.2) is 0 Å². The molecule has 0 unspecified atom stereocenters. The third-order valence-corrected chi connectivity index (χ3v) is 11.6. The first-order valence-electron chi connectivity index (χ1n) is 7.68. The average Bonchev–Trinajstić information content (AvgIpc) is 2.60. The van der Waals surface area contributed by atoms with E-state index in [1.54, 1.807) is 11.5 Å². The molecule has 9 heteroatoms. The summed E-state index contributed by atoms with van der Waals surface area (Å²) in [5.74, 6) is -1.55. The van der Waals surface area contributed by atoms with E-state index in [9.17, 15) is 39.6 Å². The first-order chi connectivity index (χ1) is 12.4. The summed E-state index contributed by atoms with van der Waals surface area (Å²) in [4.78, 5) is 45.4. The topological polar surface area (TPSA) is 149 Å². The molecule has 0 radical (unpaired) electrons. The minimum absolute atomic E-state index is 0.198. The van der Waals surface area contributed by atoms with Crippen molar-refractivity contribution in [3.63, 3.8) is 0 Å². The quantitative estimate of drug-likeness (QED) is 0.499. The maximum atomic E-state index is 11.4. The van der Waals surface area contributed by atoms with Gasteiger partial charge < -0.3 is 0 Å². The van der Waals surface area contributed by atoms with Crippen molar-refractivity contribution in [3.05, 3.63) is 58.7 Å². The molecule has 4 N–H and O–H groups in total. The number of rotatable bonds is 6. The minimum atomic E-state index is -3.43. The fraction of sp³-hybridized carbons (Fsp3) is 0.111. The van der Waals surface area contributed by atoms with Crippen molar-refractivity contribution in [2.75, 3.05) is 0 Å². The zero-order valence-electron chi connectivity index (χ0n) is 14.4. The molecule has 27 heavy (non-hydrogen) atoms. The van der Waals surface area contributed by atoms with E-state index in [0.29, 0.717) is 8.79 Å². The summed E-state index contributed by atoms with van der Waals surface area (Å²) in [5, 5.41) is 37.0. The molecule has 2 aromatic rings. The Balaban J connectivity index is 2.75. The molecule has 140 valence electrons. The van der Waals surface area contributed by atoms with Crippen LogP contribution < -0.4 is 8.79 Å². The molecule has 0 saturated heterocycles. The third-order valence-electron chi connectivity index (χ3n) is 4.30. The Bertz CT molecular complexity index is 835. The van der Waals surface area contributed by atoms with Crippen molar-refractivity contribution >= 4 is 45.9 Å². The Kier molecular flexibility index (Phi) is 5.41. The summed E-state index contributed by atoms with van der Waals surface area (Å²) in [6.45, 7) is 0. The molecule has 0 bridgehead atoms. The fourth-order valence-electron chi connectivity index (χ4n) is 2.64. The molecule has 0 spiro atoms. The third kappa shape index (κ3) is 4.17. The second-order valence-electron chi connectivity index (χ2n) is 6.44. The summed E-state index contributed by atoms with van der Waals surface area (Å²) >= 11 is -3.43. The van der Waals surface area contributed by atoms with Crippen LogP contribution in [-0.4, -0.2) is 57.6 Å². The van der Waals surface area contributed by atoms with Gasteiger partial charge in [0.15, 0.2) is 0 Å². The van der Waals surface area contributed by atoms with Gasteiger partial charge in [-0.1, -0.05) is 0 Å². The van der Waals surface area contributed by atoms with Gasteiger partial charge in [0.25, 0.3) is 0 Å². The van der Waals surface area contributed by atoms with Crippen LogP contribution in [0, 0.1) is 0 Å². The van der Waals surface area contributed by atoms with Crippen molar-refractivity contribution in [1.82, 2.24) is 0 Å². The average molecular weight is 433 g/mol. The van der Waals surface area contributed by atoms with Gasteiger partial charge in [0, 0.05) is 0 Å². The van der Waals surface area contributed by atoms with Gasteiger partial charge in [-0.3, -0.25) is 0 Å². The Hall–Kier alpha value is -3.14. The summed E-state index contributed by atoms with van der Waals surface area (Å²) in [7, 11) is 0. The molecule has 0 heterocycles. The molecule has 0 fully saturated rings. The van der Waals surface area contributed by atoms with E-state index in [2.05, 4.69) is 0 Å². The molecule has 0 amide bonds. The number of carboxylic acid groups (broad SMARTS) is 4. The molecule has 0 aliphatic carbocycles. The van der Waals surface area contributed by atoms with Gasteiger partial charge in [0.05, 0.1) is 0 Å². The second-order valence-corrected chi connectivity index (χ2v) is 15.7. The van der Waals surface area contributed by atoms with Crippen LogP contribution in [-0.2, 0) is 0 Å². The molecule has 0 saturated carbocycles. The van der Waals surface area contributed by atoms with Crippen molar-refractivity contribution in [1.29, 1.82) is 0 Å².